The smallest absolute Gasteiger partial charge is 0.323 e. The number of para-hydroxylation sites is 1. The van der Waals surface area contributed by atoms with Crippen molar-refractivity contribution in [2.24, 2.45) is 0 Å². The number of amides is 3. The Hall–Kier alpha value is -3.72. The molecule has 1 aromatic heterocycles. The van der Waals surface area contributed by atoms with Gasteiger partial charge < -0.3 is 21.1 Å². The number of aryl methyl sites for hydroxylation is 2. The van der Waals surface area contributed by atoms with Crippen LogP contribution in [-0.2, 0) is 29.0 Å². The monoisotopic (exact) mass is 452 g/mol. The highest BCUT2D eigenvalue weighted by Crippen LogP contribution is 2.16. The van der Waals surface area contributed by atoms with Gasteiger partial charge in [-0.15, -0.1) is 11.3 Å². The average Bonchev–Trinajstić information content (AvgIpc) is 3.22. The molecule has 3 aromatic rings. The number of hydrogen-bond donors (Lipinski definition) is 4. The lowest BCUT2D eigenvalue weighted by Gasteiger charge is -2.10. The minimum Gasteiger partial charge on any atom is -0.481 e. The number of urea groups is 1. The number of aliphatic carboxylic acids is 1. The Morgan fingerprint density at radius 1 is 1.03 bits per heavy atom. The molecule has 3 amide bonds. The van der Waals surface area contributed by atoms with E-state index in [0.29, 0.717) is 18.7 Å². The van der Waals surface area contributed by atoms with Crippen LogP contribution in [0.4, 0.5) is 16.2 Å². The number of nitrogens with zero attached hydrogens (tertiary/aromatic N) is 1. The van der Waals surface area contributed by atoms with Gasteiger partial charge in [-0.25, -0.2) is 9.78 Å². The standard InChI is InChI=1S/C23H24N4O4S/c1-15-4-2-3-5-19(15)27-23(31)26-17-8-6-16(7-9-17)12-20(28)24-14-21-25-13-18(32-21)10-11-22(29)30/h2-9,13H,10-12,14H2,1H3,(H,24,28)(H,29,30)(H2,26,27,31). The van der Waals surface area contributed by atoms with E-state index in [0.717, 1.165) is 26.7 Å². The number of hydrogen-bond acceptors (Lipinski definition) is 5. The predicted octanol–water partition coefficient (Wildman–Crippen LogP) is 3.97. The molecule has 1 heterocycles. The summed E-state index contributed by atoms with van der Waals surface area (Å²) in [5.41, 5.74) is 3.15. The predicted molar refractivity (Wildman–Crippen MR) is 124 cm³/mol. The van der Waals surface area contributed by atoms with E-state index in [2.05, 4.69) is 20.9 Å². The van der Waals surface area contributed by atoms with Crippen molar-refractivity contribution in [2.45, 2.75) is 32.7 Å². The number of rotatable bonds is 9. The van der Waals surface area contributed by atoms with Gasteiger partial charge in [-0.05, 0) is 42.7 Å². The van der Waals surface area contributed by atoms with Gasteiger partial charge >= 0.3 is 12.0 Å². The van der Waals surface area contributed by atoms with Crippen LogP contribution in [0.5, 0.6) is 0 Å². The van der Waals surface area contributed by atoms with Crippen molar-refractivity contribution in [3.8, 4) is 0 Å². The summed E-state index contributed by atoms with van der Waals surface area (Å²) in [7, 11) is 0. The van der Waals surface area contributed by atoms with Crippen molar-refractivity contribution in [3.63, 3.8) is 0 Å². The van der Waals surface area contributed by atoms with E-state index in [4.69, 9.17) is 5.11 Å². The zero-order valence-electron chi connectivity index (χ0n) is 17.6. The number of anilines is 2. The Kier molecular flexibility index (Phi) is 7.93. The van der Waals surface area contributed by atoms with E-state index in [9.17, 15) is 14.4 Å². The van der Waals surface area contributed by atoms with Gasteiger partial charge in [-0.3, -0.25) is 9.59 Å². The minimum absolute atomic E-state index is 0.0619. The maximum atomic E-state index is 12.2. The van der Waals surface area contributed by atoms with Gasteiger partial charge in [-0.1, -0.05) is 30.3 Å². The summed E-state index contributed by atoms with van der Waals surface area (Å²) >= 11 is 1.40. The molecule has 0 saturated carbocycles. The number of carbonyl (C=O) groups excluding carboxylic acids is 2. The lowest BCUT2D eigenvalue weighted by Crippen LogP contribution is -2.24. The van der Waals surface area contributed by atoms with Crippen molar-refractivity contribution in [2.75, 3.05) is 10.6 Å². The highest BCUT2D eigenvalue weighted by atomic mass is 32.1. The number of benzene rings is 2. The third kappa shape index (κ3) is 7.21. The number of carbonyl (C=O) groups is 3. The molecule has 0 saturated heterocycles. The van der Waals surface area contributed by atoms with Crippen molar-refractivity contribution < 1.29 is 19.5 Å². The van der Waals surface area contributed by atoms with Gasteiger partial charge in [0.15, 0.2) is 0 Å². The lowest BCUT2D eigenvalue weighted by atomic mass is 10.1. The Labute approximate surface area is 189 Å². The topological polar surface area (TPSA) is 120 Å². The van der Waals surface area contributed by atoms with Crippen LogP contribution in [0.15, 0.2) is 54.7 Å². The van der Waals surface area contributed by atoms with Gasteiger partial charge in [0.25, 0.3) is 0 Å². The van der Waals surface area contributed by atoms with Crippen molar-refractivity contribution in [1.82, 2.24) is 10.3 Å². The lowest BCUT2D eigenvalue weighted by molar-refractivity contribution is -0.137. The highest BCUT2D eigenvalue weighted by Gasteiger charge is 2.09. The molecule has 0 aliphatic rings. The van der Waals surface area contributed by atoms with Crippen LogP contribution >= 0.6 is 11.3 Å². The highest BCUT2D eigenvalue weighted by molar-refractivity contribution is 7.11. The second kappa shape index (κ2) is 11.1. The van der Waals surface area contributed by atoms with Gasteiger partial charge in [0.05, 0.1) is 19.4 Å². The van der Waals surface area contributed by atoms with Crippen LogP contribution in [0.1, 0.15) is 27.4 Å². The molecule has 9 heteroatoms. The zero-order chi connectivity index (χ0) is 22.9. The van der Waals surface area contributed by atoms with Gasteiger partial charge in [-0.2, -0.15) is 0 Å². The Balaban J connectivity index is 1.43. The molecule has 4 N–H and O–H groups in total. The second-order valence-electron chi connectivity index (χ2n) is 7.16. The molecule has 3 rings (SSSR count). The number of thiazole rings is 1. The summed E-state index contributed by atoms with van der Waals surface area (Å²) < 4.78 is 0. The third-order valence-electron chi connectivity index (χ3n) is 4.59. The molecule has 0 aliphatic heterocycles. The molecule has 166 valence electrons. The van der Waals surface area contributed by atoms with E-state index in [1.807, 2.05) is 31.2 Å². The minimum atomic E-state index is -0.846. The fourth-order valence-electron chi connectivity index (χ4n) is 2.90. The number of carboxylic acids is 1. The fourth-order valence-corrected chi connectivity index (χ4v) is 3.76. The average molecular weight is 453 g/mol. The van der Waals surface area contributed by atoms with Crippen molar-refractivity contribution in [1.29, 1.82) is 0 Å². The normalized spacial score (nSPS) is 10.4. The molecule has 0 atom stereocenters. The van der Waals surface area contributed by atoms with Gasteiger partial charge in [0, 0.05) is 22.4 Å². The largest absolute Gasteiger partial charge is 0.481 e. The van der Waals surface area contributed by atoms with E-state index >= 15 is 0 Å². The van der Waals surface area contributed by atoms with Crippen molar-refractivity contribution >= 4 is 40.6 Å². The van der Waals surface area contributed by atoms with E-state index in [1.165, 1.54) is 11.3 Å². The maximum absolute atomic E-state index is 12.2. The molecule has 2 aromatic carbocycles. The third-order valence-corrected chi connectivity index (χ3v) is 5.65. The molecule has 0 aliphatic carbocycles. The van der Waals surface area contributed by atoms with E-state index in [1.54, 1.807) is 30.5 Å². The second-order valence-corrected chi connectivity index (χ2v) is 8.36. The van der Waals surface area contributed by atoms with Crippen LogP contribution in [0.3, 0.4) is 0 Å². The first-order valence-electron chi connectivity index (χ1n) is 10.0. The molecule has 0 radical (unpaired) electrons. The fraction of sp³-hybridized carbons (Fsp3) is 0.217. The Morgan fingerprint density at radius 2 is 1.78 bits per heavy atom. The van der Waals surface area contributed by atoms with Crippen LogP contribution in [0.25, 0.3) is 0 Å². The summed E-state index contributed by atoms with van der Waals surface area (Å²) in [5.74, 6) is -0.994. The summed E-state index contributed by atoms with van der Waals surface area (Å²) in [5, 5.41) is 17.9. The van der Waals surface area contributed by atoms with Crippen LogP contribution in [0, 0.1) is 6.92 Å². The number of nitrogens with one attached hydrogen (secondary N) is 3. The first-order valence-corrected chi connectivity index (χ1v) is 10.9. The molecular weight excluding hydrogens is 428 g/mol. The summed E-state index contributed by atoms with van der Waals surface area (Å²) in [6.07, 6.45) is 2.35. The molecular formula is C23H24N4O4S. The number of carboxylic acid groups (broad SMARTS) is 1. The first-order chi connectivity index (χ1) is 15.4. The van der Waals surface area contributed by atoms with Gasteiger partial charge in [0.1, 0.15) is 5.01 Å². The van der Waals surface area contributed by atoms with Crippen LogP contribution < -0.4 is 16.0 Å². The summed E-state index contributed by atoms with van der Waals surface area (Å²) in [4.78, 5) is 40.1. The Bertz CT molecular complexity index is 1100. The number of aromatic nitrogens is 1. The van der Waals surface area contributed by atoms with Crippen LogP contribution in [-0.4, -0.2) is 28.0 Å². The SMILES string of the molecule is Cc1ccccc1NC(=O)Nc1ccc(CC(=O)NCc2ncc(CCC(=O)O)s2)cc1. The molecule has 0 fully saturated rings. The quantitative estimate of drug-likeness (QED) is 0.391. The summed E-state index contributed by atoms with van der Waals surface area (Å²) in [6.45, 7) is 2.22. The molecule has 8 nitrogen and oxygen atoms in total. The van der Waals surface area contributed by atoms with E-state index in [-0.39, 0.29) is 24.8 Å². The van der Waals surface area contributed by atoms with Crippen molar-refractivity contribution in [3.05, 3.63) is 75.7 Å². The molecule has 0 unspecified atom stereocenters. The van der Waals surface area contributed by atoms with E-state index < -0.39 is 5.97 Å². The Morgan fingerprint density at radius 3 is 2.50 bits per heavy atom. The molecule has 32 heavy (non-hydrogen) atoms. The van der Waals surface area contributed by atoms with Gasteiger partial charge in [0.2, 0.25) is 5.91 Å². The summed E-state index contributed by atoms with van der Waals surface area (Å²) in [6, 6.07) is 14.2. The molecule has 0 spiro atoms. The first kappa shape index (κ1) is 23.0. The zero-order valence-corrected chi connectivity index (χ0v) is 18.4. The maximum Gasteiger partial charge on any atom is 0.323 e. The molecule has 0 bridgehead atoms. The van der Waals surface area contributed by atoms with Crippen LogP contribution in [0.2, 0.25) is 0 Å².